The van der Waals surface area contributed by atoms with E-state index in [-0.39, 0.29) is 22.3 Å². The van der Waals surface area contributed by atoms with Crippen LogP contribution in [0.4, 0.5) is 11.4 Å². The summed E-state index contributed by atoms with van der Waals surface area (Å²) < 4.78 is 10.5. The number of nitro groups is 1. The van der Waals surface area contributed by atoms with Gasteiger partial charge in [-0.2, -0.15) is 0 Å². The van der Waals surface area contributed by atoms with Crippen molar-refractivity contribution in [2.24, 2.45) is 0 Å². The van der Waals surface area contributed by atoms with Gasteiger partial charge in [0.1, 0.15) is 5.76 Å². The van der Waals surface area contributed by atoms with Gasteiger partial charge in [0, 0.05) is 17.3 Å². The maximum absolute atomic E-state index is 12.4. The van der Waals surface area contributed by atoms with Gasteiger partial charge in [-0.25, -0.2) is 0 Å². The normalized spacial score (nSPS) is 10.4. The minimum Gasteiger partial charge on any atom is -0.490 e. The van der Waals surface area contributed by atoms with Gasteiger partial charge >= 0.3 is 5.69 Å². The van der Waals surface area contributed by atoms with Crippen LogP contribution in [0.15, 0.2) is 52.9 Å². The highest BCUT2D eigenvalue weighted by atomic mass is 35.5. The van der Waals surface area contributed by atoms with Crippen LogP contribution in [-0.4, -0.2) is 23.1 Å². The first-order valence-corrected chi connectivity index (χ1v) is 9.45. The molecule has 0 saturated heterocycles. The number of carbonyl (C=O) groups excluding carboxylic acids is 1. The molecule has 2 N–H and O–H groups in total. The van der Waals surface area contributed by atoms with E-state index in [0.29, 0.717) is 27.1 Å². The van der Waals surface area contributed by atoms with Crippen LogP contribution in [0.3, 0.4) is 0 Å². The van der Waals surface area contributed by atoms with Crippen molar-refractivity contribution in [2.45, 2.75) is 0 Å². The third-order valence-corrected chi connectivity index (χ3v) is 4.84. The second-order valence-electron chi connectivity index (χ2n) is 5.84. The first-order chi connectivity index (χ1) is 14.3. The summed E-state index contributed by atoms with van der Waals surface area (Å²) in [7, 11) is 1.33. The topological polar surface area (TPSA) is 107 Å². The highest BCUT2D eigenvalue weighted by Crippen LogP contribution is 2.30. The molecule has 154 valence electrons. The largest absolute Gasteiger partial charge is 0.490 e. The van der Waals surface area contributed by atoms with Gasteiger partial charge in [-0.3, -0.25) is 20.2 Å². The summed E-state index contributed by atoms with van der Waals surface area (Å²) in [6.07, 6.45) is 0. The number of amides is 1. The maximum Gasteiger partial charge on any atom is 0.312 e. The van der Waals surface area contributed by atoms with Crippen molar-refractivity contribution in [1.29, 1.82) is 0 Å². The molecule has 0 fully saturated rings. The van der Waals surface area contributed by atoms with E-state index in [9.17, 15) is 14.9 Å². The Balaban J connectivity index is 1.68. The second kappa shape index (κ2) is 9.12. The quantitative estimate of drug-likeness (QED) is 0.299. The second-order valence-corrected chi connectivity index (χ2v) is 7.07. The highest BCUT2D eigenvalue weighted by Gasteiger charge is 2.17. The van der Waals surface area contributed by atoms with Crippen molar-refractivity contribution in [1.82, 2.24) is 5.32 Å². The lowest BCUT2D eigenvalue weighted by Gasteiger charge is -2.09. The molecule has 3 aromatic rings. The van der Waals surface area contributed by atoms with Crippen molar-refractivity contribution in [3.8, 4) is 17.1 Å². The third kappa shape index (κ3) is 4.88. The zero-order valence-electron chi connectivity index (χ0n) is 15.3. The van der Waals surface area contributed by atoms with Gasteiger partial charge in [0.15, 0.2) is 16.6 Å². The monoisotopic (exact) mass is 465 g/mol. The SMILES string of the molecule is COc1ccc(NC(=S)NC(=O)c2ccc(-c3ccc(Cl)c(Cl)c3)o2)cc1[N+](=O)[O-]. The summed E-state index contributed by atoms with van der Waals surface area (Å²) in [6.45, 7) is 0. The molecule has 0 spiro atoms. The van der Waals surface area contributed by atoms with Gasteiger partial charge in [-0.1, -0.05) is 23.2 Å². The molecule has 2 aromatic carbocycles. The first-order valence-electron chi connectivity index (χ1n) is 8.28. The van der Waals surface area contributed by atoms with Crippen LogP contribution in [-0.2, 0) is 0 Å². The number of furan rings is 1. The Morgan fingerprint density at radius 2 is 1.90 bits per heavy atom. The summed E-state index contributed by atoms with van der Waals surface area (Å²) in [4.78, 5) is 22.9. The number of rotatable bonds is 5. The van der Waals surface area contributed by atoms with E-state index < -0.39 is 10.8 Å². The number of ether oxygens (including phenoxy) is 1. The molecule has 11 heteroatoms. The molecule has 1 amide bonds. The minimum atomic E-state index is -0.596. The molecule has 0 radical (unpaired) electrons. The molecule has 8 nitrogen and oxygen atoms in total. The number of benzene rings is 2. The lowest BCUT2D eigenvalue weighted by atomic mass is 10.2. The summed E-state index contributed by atoms with van der Waals surface area (Å²) in [5.74, 6) is -0.0583. The molecule has 0 saturated carbocycles. The molecule has 0 aliphatic carbocycles. The lowest BCUT2D eigenvalue weighted by Crippen LogP contribution is -2.33. The zero-order chi connectivity index (χ0) is 21.8. The Hall–Kier alpha value is -3.14. The Bertz CT molecular complexity index is 1150. The van der Waals surface area contributed by atoms with Crippen molar-refractivity contribution in [3.63, 3.8) is 0 Å². The van der Waals surface area contributed by atoms with Crippen LogP contribution >= 0.6 is 35.4 Å². The Labute approximate surface area is 185 Å². The van der Waals surface area contributed by atoms with Gasteiger partial charge in [-0.15, -0.1) is 0 Å². The lowest BCUT2D eigenvalue weighted by molar-refractivity contribution is -0.385. The first kappa shape index (κ1) is 21.6. The Kier molecular flexibility index (Phi) is 6.56. The van der Waals surface area contributed by atoms with Crippen LogP contribution in [0, 0.1) is 10.1 Å². The van der Waals surface area contributed by atoms with E-state index in [0.717, 1.165) is 0 Å². The van der Waals surface area contributed by atoms with E-state index >= 15 is 0 Å². The number of anilines is 1. The molecule has 0 aliphatic rings. The Morgan fingerprint density at radius 1 is 1.13 bits per heavy atom. The minimum absolute atomic E-state index is 0.0148. The summed E-state index contributed by atoms with van der Waals surface area (Å²) >= 11 is 17.0. The van der Waals surface area contributed by atoms with Crippen molar-refractivity contribution < 1.29 is 18.9 Å². The molecule has 1 heterocycles. The molecule has 3 rings (SSSR count). The Morgan fingerprint density at radius 3 is 2.57 bits per heavy atom. The van der Waals surface area contributed by atoms with Crippen molar-refractivity contribution in [2.75, 3.05) is 12.4 Å². The summed E-state index contributed by atoms with van der Waals surface area (Å²) in [6, 6.07) is 12.2. The van der Waals surface area contributed by atoms with Crippen LogP contribution in [0.1, 0.15) is 10.6 Å². The fraction of sp³-hybridized carbons (Fsp3) is 0.0526. The van der Waals surface area contributed by atoms with Crippen LogP contribution < -0.4 is 15.4 Å². The van der Waals surface area contributed by atoms with Crippen molar-refractivity contribution in [3.05, 3.63) is 74.5 Å². The molecule has 0 bridgehead atoms. The van der Waals surface area contributed by atoms with Crippen molar-refractivity contribution >= 4 is 57.8 Å². The van der Waals surface area contributed by atoms with Crippen LogP contribution in [0.25, 0.3) is 11.3 Å². The highest BCUT2D eigenvalue weighted by molar-refractivity contribution is 7.80. The number of hydrogen-bond donors (Lipinski definition) is 2. The number of nitrogens with one attached hydrogen (secondary N) is 2. The van der Waals surface area contributed by atoms with E-state index in [1.807, 2.05) is 0 Å². The van der Waals surface area contributed by atoms with E-state index in [4.69, 9.17) is 44.6 Å². The third-order valence-electron chi connectivity index (χ3n) is 3.89. The smallest absolute Gasteiger partial charge is 0.312 e. The zero-order valence-corrected chi connectivity index (χ0v) is 17.6. The average Bonchev–Trinajstić information content (AvgIpc) is 3.20. The molecule has 1 aromatic heterocycles. The number of carbonyl (C=O) groups is 1. The van der Waals surface area contributed by atoms with Gasteiger partial charge in [0.25, 0.3) is 5.91 Å². The van der Waals surface area contributed by atoms with E-state index in [2.05, 4.69) is 10.6 Å². The summed E-state index contributed by atoms with van der Waals surface area (Å²) in [5.41, 5.74) is 0.715. The molecular weight excluding hydrogens is 453 g/mol. The predicted octanol–water partition coefficient (Wildman–Crippen LogP) is 5.30. The molecule has 0 unspecified atom stereocenters. The van der Waals surface area contributed by atoms with Crippen LogP contribution in [0.5, 0.6) is 5.75 Å². The van der Waals surface area contributed by atoms with Gasteiger partial charge in [0.2, 0.25) is 0 Å². The number of nitrogens with zero attached hydrogens (tertiary/aromatic N) is 1. The molecule has 0 atom stereocenters. The molecule has 0 aliphatic heterocycles. The average molecular weight is 466 g/mol. The molecular formula is C19H13Cl2N3O5S. The summed E-state index contributed by atoms with van der Waals surface area (Å²) in [5, 5.41) is 17.0. The number of methoxy groups -OCH3 is 1. The van der Waals surface area contributed by atoms with Crippen LogP contribution in [0.2, 0.25) is 10.0 Å². The van der Waals surface area contributed by atoms with E-state index in [1.165, 1.54) is 31.4 Å². The fourth-order valence-electron chi connectivity index (χ4n) is 2.50. The van der Waals surface area contributed by atoms with E-state index in [1.54, 1.807) is 24.3 Å². The maximum atomic E-state index is 12.4. The number of thiocarbonyl (C=S) groups is 1. The molecule has 30 heavy (non-hydrogen) atoms. The number of hydrogen-bond acceptors (Lipinski definition) is 6. The number of nitro benzene ring substituents is 1. The number of halogens is 2. The van der Waals surface area contributed by atoms with Gasteiger partial charge in [0.05, 0.1) is 22.1 Å². The standard InChI is InChI=1S/C19H13Cl2N3O5S/c1-28-16-5-3-11(9-14(16)24(26)27)22-19(30)23-18(25)17-7-6-15(29-17)10-2-4-12(20)13(21)8-10/h2-9H,1H3,(H2,22,23,25,30). The van der Waals surface area contributed by atoms with Gasteiger partial charge < -0.3 is 14.5 Å². The van der Waals surface area contributed by atoms with Gasteiger partial charge in [-0.05, 0) is 54.7 Å². The predicted molar refractivity (Wildman–Crippen MR) is 117 cm³/mol. The fourth-order valence-corrected chi connectivity index (χ4v) is 3.01.